The van der Waals surface area contributed by atoms with E-state index >= 15 is 0 Å². The number of anilines is 1. The molecule has 0 unspecified atom stereocenters. The predicted octanol–water partition coefficient (Wildman–Crippen LogP) is 2.39. The molecule has 132 valence electrons. The molecule has 6 nitrogen and oxygen atoms in total. The minimum absolute atomic E-state index is 0.176. The van der Waals surface area contributed by atoms with Gasteiger partial charge in [0.25, 0.3) is 0 Å². The summed E-state index contributed by atoms with van der Waals surface area (Å²) < 4.78 is 0. The van der Waals surface area contributed by atoms with Gasteiger partial charge >= 0.3 is 0 Å². The first-order chi connectivity index (χ1) is 12.0. The summed E-state index contributed by atoms with van der Waals surface area (Å²) in [7, 11) is 0. The molecule has 25 heavy (non-hydrogen) atoms. The van der Waals surface area contributed by atoms with Crippen LogP contribution in [0.3, 0.4) is 0 Å². The SMILES string of the molecule is CC(C)C[C@H](C(=O)Nc1ccncc1)N1C(=O)[C@@H]2CC=CC[C@H]2C1=O. The smallest absolute Gasteiger partial charge is 0.247 e. The number of fused-ring (bicyclic) bond motifs is 1. The number of nitrogens with zero attached hydrogens (tertiary/aromatic N) is 2. The number of allylic oxidation sites excluding steroid dienone is 2. The van der Waals surface area contributed by atoms with Crippen LogP contribution in [0.2, 0.25) is 0 Å². The van der Waals surface area contributed by atoms with Crippen molar-refractivity contribution < 1.29 is 14.4 Å². The molecule has 6 heteroatoms. The van der Waals surface area contributed by atoms with Gasteiger partial charge in [0.05, 0.1) is 11.8 Å². The number of amides is 3. The van der Waals surface area contributed by atoms with Crippen molar-refractivity contribution in [3.05, 3.63) is 36.7 Å². The van der Waals surface area contributed by atoms with Crippen LogP contribution in [-0.2, 0) is 14.4 Å². The summed E-state index contributed by atoms with van der Waals surface area (Å²) in [5.41, 5.74) is 0.604. The molecule has 0 bridgehead atoms. The average Bonchev–Trinajstić information content (AvgIpc) is 2.85. The number of carbonyl (C=O) groups excluding carboxylic acids is 3. The van der Waals surface area contributed by atoms with Gasteiger partial charge in [-0.15, -0.1) is 0 Å². The lowest BCUT2D eigenvalue weighted by atomic mass is 9.85. The van der Waals surface area contributed by atoms with E-state index in [0.29, 0.717) is 24.9 Å². The molecule has 0 aromatic carbocycles. The van der Waals surface area contributed by atoms with Gasteiger partial charge in [0.15, 0.2) is 0 Å². The van der Waals surface area contributed by atoms with E-state index in [9.17, 15) is 14.4 Å². The highest BCUT2D eigenvalue weighted by Gasteiger charge is 2.51. The fraction of sp³-hybridized carbons (Fsp3) is 0.474. The van der Waals surface area contributed by atoms with Crippen LogP contribution in [0.25, 0.3) is 0 Å². The number of nitrogens with one attached hydrogen (secondary N) is 1. The number of likely N-dealkylation sites (tertiary alicyclic amines) is 1. The van der Waals surface area contributed by atoms with Crippen LogP contribution in [0, 0.1) is 17.8 Å². The Bertz CT molecular complexity index is 673. The van der Waals surface area contributed by atoms with Crippen LogP contribution in [-0.4, -0.2) is 33.6 Å². The Kier molecular flexibility index (Phi) is 4.97. The zero-order valence-electron chi connectivity index (χ0n) is 14.5. The van der Waals surface area contributed by atoms with E-state index in [0.717, 1.165) is 0 Å². The third kappa shape index (κ3) is 3.48. The largest absolute Gasteiger partial charge is 0.324 e. The lowest BCUT2D eigenvalue weighted by Gasteiger charge is -2.27. The van der Waals surface area contributed by atoms with E-state index < -0.39 is 6.04 Å². The number of aromatic nitrogens is 1. The maximum atomic E-state index is 12.8. The van der Waals surface area contributed by atoms with Crippen molar-refractivity contribution in [3.8, 4) is 0 Å². The Morgan fingerprint density at radius 2 is 1.72 bits per heavy atom. The van der Waals surface area contributed by atoms with Gasteiger partial charge in [-0.25, -0.2) is 0 Å². The molecule has 1 aromatic rings. The van der Waals surface area contributed by atoms with Gasteiger partial charge in [0.2, 0.25) is 17.7 Å². The van der Waals surface area contributed by atoms with Gasteiger partial charge in [0, 0.05) is 18.1 Å². The van der Waals surface area contributed by atoms with E-state index in [4.69, 9.17) is 0 Å². The number of pyridine rings is 1. The molecule has 1 aromatic heterocycles. The van der Waals surface area contributed by atoms with Gasteiger partial charge in [-0.2, -0.15) is 0 Å². The van der Waals surface area contributed by atoms with Gasteiger partial charge in [-0.3, -0.25) is 24.3 Å². The van der Waals surface area contributed by atoms with Gasteiger partial charge in [-0.1, -0.05) is 26.0 Å². The molecule has 3 rings (SSSR count). The standard InChI is InChI=1S/C19H23N3O3/c1-12(2)11-16(17(23)21-13-7-9-20-10-8-13)22-18(24)14-5-3-4-6-15(14)19(22)25/h3-4,7-10,12,14-16H,5-6,11H2,1-2H3,(H,20,21,23)/t14-,15-,16-/m1/s1. The van der Waals surface area contributed by atoms with Crippen LogP contribution < -0.4 is 5.32 Å². The molecular formula is C19H23N3O3. The summed E-state index contributed by atoms with van der Waals surface area (Å²) in [4.78, 5) is 43.6. The average molecular weight is 341 g/mol. The maximum absolute atomic E-state index is 12.8. The maximum Gasteiger partial charge on any atom is 0.247 e. The molecule has 0 radical (unpaired) electrons. The van der Waals surface area contributed by atoms with E-state index in [1.54, 1.807) is 24.5 Å². The molecule has 2 aliphatic rings. The Hall–Kier alpha value is -2.50. The fourth-order valence-electron chi connectivity index (χ4n) is 3.57. The third-order valence-corrected chi connectivity index (χ3v) is 4.80. The second-order valence-corrected chi connectivity index (χ2v) is 7.07. The number of hydrogen-bond acceptors (Lipinski definition) is 4. The first-order valence-electron chi connectivity index (χ1n) is 8.72. The highest BCUT2D eigenvalue weighted by atomic mass is 16.2. The van der Waals surface area contributed by atoms with Crippen molar-refractivity contribution in [1.82, 2.24) is 9.88 Å². The molecule has 1 aliphatic carbocycles. The predicted molar refractivity (Wildman–Crippen MR) is 93.3 cm³/mol. The van der Waals surface area contributed by atoms with E-state index in [-0.39, 0.29) is 35.5 Å². The minimum atomic E-state index is -0.779. The number of rotatable bonds is 5. The molecule has 3 atom stereocenters. The summed E-state index contributed by atoms with van der Waals surface area (Å²) in [6.45, 7) is 3.96. The van der Waals surface area contributed by atoms with Gasteiger partial charge in [-0.05, 0) is 37.3 Å². The van der Waals surface area contributed by atoms with E-state index in [2.05, 4.69) is 10.3 Å². The lowest BCUT2D eigenvalue weighted by molar-refractivity contribution is -0.147. The molecule has 0 spiro atoms. The lowest BCUT2D eigenvalue weighted by Crippen LogP contribution is -2.48. The summed E-state index contributed by atoms with van der Waals surface area (Å²) in [6.07, 6.45) is 8.66. The molecular weight excluding hydrogens is 318 g/mol. The quantitative estimate of drug-likeness (QED) is 0.659. The van der Waals surface area contributed by atoms with Crippen LogP contribution in [0.4, 0.5) is 5.69 Å². The van der Waals surface area contributed by atoms with Crippen molar-refractivity contribution in [1.29, 1.82) is 0 Å². The second-order valence-electron chi connectivity index (χ2n) is 7.07. The topological polar surface area (TPSA) is 79.4 Å². The summed E-state index contributed by atoms with van der Waals surface area (Å²) in [5.74, 6) is -1.21. The summed E-state index contributed by atoms with van der Waals surface area (Å²) in [5, 5.41) is 2.81. The summed E-state index contributed by atoms with van der Waals surface area (Å²) in [6, 6.07) is 2.59. The van der Waals surface area contributed by atoms with Crippen LogP contribution in [0.5, 0.6) is 0 Å². The zero-order valence-corrected chi connectivity index (χ0v) is 14.5. The number of imide groups is 1. The number of hydrogen-bond donors (Lipinski definition) is 1. The summed E-state index contributed by atoms with van der Waals surface area (Å²) >= 11 is 0. The first kappa shape index (κ1) is 17.3. The molecule has 3 amide bonds. The molecule has 0 saturated carbocycles. The van der Waals surface area contributed by atoms with Crippen molar-refractivity contribution in [2.75, 3.05) is 5.32 Å². The molecule has 1 fully saturated rings. The van der Waals surface area contributed by atoms with Crippen LogP contribution in [0.15, 0.2) is 36.7 Å². The fourth-order valence-corrected chi connectivity index (χ4v) is 3.57. The third-order valence-electron chi connectivity index (χ3n) is 4.80. The molecule has 2 heterocycles. The van der Waals surface area contributed by atoms with Crippen LogP contribution in [0.1, 0.15) is 33.1 Å². The second kappa shape index (κ2) is 7.17. The Morgan fingerprint density at radius 3 is 2.24 bits per heavy atom. The van der Waals surface area contributed by atoms with Gasteiger partial charge < -0.3 is 5.32 Å². The van der Waals surface area contributed by atoms with Crippen molar-refractivity contribution in [2.45, 2.75) is 39.2 Å². The zero-order chi connectivity index (χ0) is 18.0. The Balaban J connectivity index is 1.84. The first-order valence-corrected chi connectivity index (χ1v) is 8.72. The minimum Gasteiger partial charge on any atom is -0.324 e. The molecule has 1 aliphatic heterocycles. The van der Waals surface area contributed by atoms with Crippen molar-refractivity contribution in [2.24, 2.45) is 17.8 Å². The Labute approximate surface area is 147 Å². The monoisotopic (exact) mass is 341 g/mol. The van der Waals surface area contributed by atoms with E-state index in [1.807, 2.05) is 26.0 Å². The Morgan fingerprint density at radius 1 is 1.16 bits per heavy atom. The highest BCUT2D eigenvalue weighted by molar-refractivity contribution is 6.10. The van der Waals surface area contributed by atoms with Crippen LogP contribution >= 0.6 is 0 Å². The van der Waals surface area contributed by atoms with Crippen molar-refractivity contribution in [3.63, 3.8) is 0 Å². The molecule has 1 saturated heterocycles. The van der Waals surface area contributed by atoms with Gasteiger partial charge in [0.1, 0.15) is 6.04 Å². The number of carbonyl (C=O) groups is 3. The van der Waals surface area contributed by atoms with E-state index in [1.165, 1.54) is 4.90 Å². The molecule has 1 N–H and O–H groups in total. The van der Waals surface area contributed by atoms with Crippen molar-refractivity contribution >= 4 is 23.4 Å². The normalized spacial score (nSPS) is 23.7. The highest BCUT2D eigenvalue weighted by Crippen LogP contribution is 2.37.